The molecule has 0 aliphatic carbocycles. The van der Waals surface area contributed by atoms with Gasteiger partial charge < -0.3 is 4.42 Å². The Bertz CT molecular complexity index is 3590. The Kier molecular flexibility index (Phi) is 7.50. The van der Waals surface area contributed by atoms with Crippen LogP contribution in [-0.2, 0) is 0 Å². The Morgan fingerprint density at radius 2 is 0.763 bits per heavy atom. The summed E-state index contributed by atoms with van der Waals surface area (Å²) in [6, 6.07) is 70.6. The van der Waals surface area contributed by atoms with Crippen LogP contribution in [0.3, 0.4) is 0 Å². The molecule has 0 saturated carbocycles. The highest BCUT2D eigenvalue weighted by Crippen LogP contribution is 2.43. The molecule has 2 heterocycles. The highest BCUT2D eigenvalue weighted by Gasteiger charge is 2.18. The largest absolute Gasteiger partial charge is 0.456 e. The summed E-state index contributed by atoms with van der Waals surface area (Å²) in [7, 11) is 0. The number of benzene rings is 10. The Balaban J connectivity index is 1.02. The van der Waals surface area contributed by atoms with E-state index >= 15 is 0 Å². The summed E-state index contributed by atoms with van der Waals surface area (Å²) in [6.45, 7) is 0. The maximum absolute atomic E-state index is 6.33. The van der Waals surface area contributed by atoms with Crippen molar-refractivity contribution in [3.05, 3.63) is 200 Å². The van der Waals surface area contributed by atoms with Crippen molar-refractivity contribution in [2.45, 2.75) is 0 Å². The molecule has 0 radical (unpaired) electrons. The van der Waals surface area contributed by atoms with Crippen LogP contribution < -0.4 is 0 Å². The van der Waals surface area contributed by atoms with Crippen LogP contribution in [0.4, 0.5) is 0 Å². The van der Waals surface area contributed by atoms with E-state index in [-0.39, 0.29) is 0 Å². The molecule has 0 aliphatic heterocycles. The first kappa shape index (κ1) is 33.2. The first-order chi connectivity index (χ1) is 29.2. The van der Waals surface area contributed by atoms with Gasteiger partial charge in [0.15, 0.2) is 17.5 Å². The van der Waals surface area contributed by atoms with E-state index in [9.17, 15) is 0 Å². The molecule has 4 nitrogen and oxygen atoms in total. The number of furan rings is 1. The monoisotopic (exact) mass is 751 g/mol. The molecule has 12 rings (SSSR count). The summed E-state index contributed by atoms with van der Waals surface area (Å²) in [5, 5.41) is 12.0. The summed E-state index contributed by atoms with van der Waals surface area (Å²) in [6.07, 6.45) is 0. The lowest BCUT2D eigenvalue weighted by molar-refractivity contribution is 0.669. The van der Waals surface area contributed by atoms with Crippen molar-refractivity contribution in [2.24, 2.45) is 0 Å². The standard InChI is InChI=1S/C55H33N3O/c1-3-13-35(14-4-1)46-32-40(33-47-44-21-10-9-19-42(44)43-20-11-12-22-45(43)51(46)47)34-23-25-38(26-24-34)54-56-53(37-16-5-2-6-17-37)57-55(58-54)39-28-29-49-48(31-39)52-41-18-8-7-15-36(41)27-30-50(52)59-49/h1-33H. The van der Waals surface area contributed by atoms with E-state index in [0.29, 0.717) is 17.5 Å². The van der Waals surface area contributed by atoms with Crippen LogP contribution in [0.5, 0.6) is 0 Å². The van der Waals surface area contributed by atoms with Crippen molar-refractivity contribution in [3.63, 3.8) is 0 Å². The fourth-order valence-corrected chi connectivity index (χ4v) is 8.89. The van der Waals surface area contributed by atoms with Gasteiger partial charge in [0, 0.05) is 27.5 Å². The van der Waals surface area contributed by atoms with Gasteiger partial charge in [-0.2, -0.15) is 0 Å². The third-order valence-corrected chi connectivity index (χ3v) is 11.7. The average Bonchev–Trinajstić information content (AvgIpc) is 3.70. The van der Waals surface area contributed by atoms with Crippen LogP contribution in [-0.4, -0.2) is 15.0 Å². The van der Waals surface area contributed by atoms with Gasteiger partial charge in [0.1, 0.15) is 11.2 Å². The maximum Gasteiger partial charge on any atom is 0.164 e. The maximum atomic E-state index is 6.33. The molecule has 12 aromatic rings. The topological polar surface area (TPSA) is 51.8 Å². The number of hydrogen-bond acceptors (Lipinski definition) is 4. The van der Waals surface area contributed by atoms with Gasteiger partial charge in [-0.05, 0) is 102 Å². The van der Waals surface area contributed by atoms with Gasteiger partial charge in [-0.3, -0.25) is 0 Å². The van der Waals surface area contributed by atoms with E-state index in [2.05, 4.69) is 158 Å². The smallest absolute Gasteiger partial charge is 0.164 e. The van der Waals surface area contributed by atoms with Gasteiger partial charge in [-0.1, -0.05) is 164 Å². The highest BCUT2D eigenvalue weighted by molar-refractivity contribution is 6.29. The van der Waals surface area contributed by atoms with Gasteiger partial charge >= 0.3 is 0 Å². The van der Waals surface area contributed by atoms with Gasteiger partial charge in [0.05, 0.1) is 0 Å². The molecule has 0 aliphatic rings. The van der Waals surface area contributed by atoms with Gasteiger partial charge in [0.25, 0.3) is 0 Å². The van der Waals surface area contributed by atoms with Crippen LogP contribution in [0.1, 0.15) is 0 Å². The predicted octanol–water partition coefficient (Wildman–Crippen LogP) is 14.7. The summed E-state index contributed by atoms with van der Waals surface area (Å²) in [4.78, 5) is 15.3. The second-order valence-electron chi connectivity index (χ2n) is 15.1. The minimum Gasteiger partial charge on any atom is -0.456 e. The molecule has 4 heteroatoms. The number of nitrogens with zero attached hydrogens (tertiary/aromatic N) is 3. The summed E-state index contributed by atoms with van der Waals surface area (Å²) in [5.41, 5.74) is 9.11. The fraction of sp³-hybridized carbons (Fsp3) is 0. The second-order valence-corrected chi connectivity index (χ2v) is 15.1. The summed E-state index contributed by atoms with van der Waals surface area (Å²) in [5.74, 6) is 1.85. The number of hydrogen-bond donors (Lipinski definition) is 0. The lowest BCUT2D eigenvalue weighted by Gasteiger charge is -2.17. The predicted molar refractivity (Wildman–Crippen MR) is 244 cm³/mol. The normalized spacial score (nSPS) is 11.7. The van der Waals surface area contributed by atoms with Crippen LogP contribution in [0.15, 0.2) is 205 Å². The Morgan fingerprint density at radius 3 is 1.47 bits per heavy atom. The van der Waals surface area contributed by atoms with Crippen LogP contribution in [0.2, 0.25) is 0 Å². The van der Waals surface area contributed by atoms with E-state index in [1.807, 2.05) is 42.5 Å². The molecule has 0 fully saturated rings. The minimum absolute atomic E-state index is 0.607. The first-order valence-electron chi connectivity index (χ1n) is 19.9. The lowest BCUT2D eigenvalue weighted by Crippen LogP contribution is -2.00. The molecule has 0 amide bonds. The van der Waals surface area contributed by atoms with Crippen molar-refractivity contribution in [2.75, 3.05) is 0 Å². The van der Waals surface area contributed by atoms with Crippen molar-refractivity contribution in [1.82, 2.24) is 15.0 Å². The van der Waals surface area contributed by atoms with Crippen LogP contribution in [0.25, 0.3) is 121 Å². The second kappa shape index (κ2) is 13.3. The van der Waals surface area contributed by atoms with Crippen molar-refractivity contribution >= 4 is 65.0 Å². The van der Waals surface area contributed by atoms with Crippen molar-refractivity contribution in [1.29, 1.82) is 0 Å². The minimum atomic E-state index is 0.607. The molecule has 0 saturated heterocycles. The number of fused-ring (bicyclic) bond motifs is 11. The molecule has 274 valence electrons. The molecule has 0 atom stereocenters. The van der Waals surface area contributed by atoms with Crippen molar-refractivity contribution < 1.29 is 4.42 Å². The molecule has 0 bridgehead atoms. The zero-order valence-electron chi connectivity index (χ0n) is 31.8. The molecule has 0 N–H and O–H groups in total. The van der Waals surface area contributed by atoms with E-state index < -0.39 is 0 Å². The third kappa shape index (κ3) is 5.49. The zero-order chi connectivity index (χ0) is 38.9. The van der Waals surface area contributed by atoms with Gasteiger partial charge in [-0.25, -0.2) is 15.0 Å². The molecule has 0 unspecified atom stereocenters. The molecule has 10 aromatic carbocycles. The third-order valence-electron chi connectivity index (χ3n) is 11.7. The summed E-state index contributed by atoms with van der Waals surface area (Å²) < 4.78 is 6.33. The average molecular weight is 752 g/mol. The molecule has 2 aromatic heterocycles. The molecule has 0 spiro atoms. The Morgan fingerprint density at radius 1 is 0.271 bits per heavy atom. The quantitative estimate of drug-likeness (QED) is 0.164. The molecular formula is C55H33N3O. The van der Waals surface area contributed by atoms with Gasteiger partial charge in [0.2, 0.25) is 0 Å². The zero-order valence-corrected chi connectivity index (χ0v) is 31.8. The van der Waals surface area contributed by atoms with E-state index in [1.165, 1.54) is 48.8 Å². The van der Waals surface area contributed by atoms with E-state index in [4.69, 9.17) is 19.4 Å². The first-order valence-corrected chi connectivity index (χ1v) is 19.9. The number of rotatable bonds is 5. The highest BCUT2D eigenvalue weighted by atomic mass is 16.3. The SMILES string of the molecule is c1ccc(-c2nc(-c3ccc(-c4cc(-c5ccccc5)c5c6ccccc6c6ccccc6c5c4)cc3)nc(-c3ccc4oc5ccc6ccccc6c5c4c3)n2)cc1. The lowest BCUT2D eigenvalue weighted by atomic mass is 9.87. The van der Waals surface area contributed by atoms with E-state index in [0.717, 1.165) is 55.1 Å². The summed E-state index contributed by atoms with van der Waals surface area (Å²) >= 11 is 0. The molecule has 59 heavy (non-hydrogen) atoms. The molecular weight excluding hydrogens is 719 g/mol. The number of aromatic nitrogens is 3. The van der Waals surface area contributed by atoms with E-state index in [1.54, 1.807) is 0 Å². The Hall–Kier alpha value is -7.95. The fourth-order valence-electron chi connectivity index (χ4n) is 8.89. The van der Waals surface area contributed by atoms with Crippen molar-refractivity contribution in [3.8, 4) is 56.4 Å². The Labute approximate surface area is 339 Å². The van der Waals surface area contributed by atoms with Gasteiger partial charge in [-0.15, -0.1) is 0 Å². The van der Waals surface area contributed by atoms with Crippen LogP contribution >= 0.6 is 0 Å². The van der Waals surface area contributed by atoms with Crippen LogP contribution in [0, 0.1) is 0 Å².